The predicted octanol–water partition coefficient (Wildman–Crippen LogP) is 4.27. The molecule has 0 heterocycles. The van der Waals surface area contributed by atoms with E-state index < -0.39 is 5.60 Å². The molecule has 1 rings (SSSR count). The molecule has 2 atom stereocenters. The molecule has 0 spiro atoms. The first-order valence-electron chi connectivity index (χ1n) is 8.47. The molecule has 5 nitrogen and oxygen atoms in total. The molecule has 1 aromatic rings. The first-order valence-corrected chi connectivity index (χ1v) is 8.47. The molecular formula is C19H28N2O3. The van der Waals surface area contributed by atoms with E-state index in [4.69, 9.17) is 9.47 Å². The number of unbranched alkanes of at least 4 members (excludes halogenated alkanes) is 1. The first kappa shape index (κ1) is 20.0. The van der Waals surface area contributed by atoms with Gasteiger partial charge in [-0.2, -0.15) is 5.26 Å². The van der Waals surface area contributed by atoms with Crippen LogP contribution < -0.4 is 10.1 Å². The fourth-order valence-electron chi connectivity index (χ4n) is 2.19. The molecule has 24 heavy (non-hydrogen) atoms. The minimum atomic E-state index is -0.908. The van der Waals surface area contributed by atoms with Crippen LogP contribution in [0.15, 0.2) is 18.2 Å². The van der Waals surface area contributed by atoms with E-state index in [0.717, 1.165) is 19.3 Å². The second kappa shape index (κ2) is 9.29. The van der Waals surface area contributed by atoms with Crippen molar-refractivity contribution in [2.24, 2.45) is 0 Å². The second-order valence-electron chi connectivity index (χ2n) is 6.15. The molecule has 5 heteroatoms. The number of ether oxygens (including phenoxy) is 2. The lowest BCUT2D eigenvalue weighted by Gasteiger charge is -2.27. The molecule has 0 unspecified atom stereocenters. The van der Waals surface area contributed by atoms with Crippen LogP contribution in [0.25, 0.3) is 0 Å². The highest BCUT2D eigenvalue weighted by Crippen LogP contribution is 2.26. The largest absolute Gasteiger partial charge is 0.491 e. The lowest BCUT2D eigenvalue weighted by atomic mass is 9.97. The van der Waals surface area contributed by atoms with Gasteiger partial charge in [-0.25, -0.2) is 0 Å². The lowest BCUT2D eigenvalue weighted by molar-refractivity contribution is -0.136. The van der Waals surface area contributed by atoms with Crippen LogP contribution in [0.1, 0.15) is 58.9 Å². The van der Waals surface area contributed by atoms with Gasteiger partial charge in [0.25, 0.3) is 5.91 Å². The van der Waals surface area contributed by atoms with Gasteiger partial charge >= 0.3 is 0 Å². The van der Waals surface area contributed by atoms with Crippen molar-refractivity contribution in [1.82, 2.24) is 0 Å². The summed E-state index contributed by atoms with van der Waals surface area (Å²) >= 11 is 0. The maximum atomic E-state index is 12.6. The van der Waals surface area contributed by atoms with E-state index in [2.05, 4.69) is 18.3 Å². The topological polar surface area (TPSA) is 71.3 Å². The lowest BCUT2D eigenvalue weighted by Crippen LogP contribution is -2.42. The Balaban J connectivity index is 2.94. The van der Waals surface area contributed by atoms with Gasteiger partial charge in [-0.15, -0.1) is 0 Å². The van der Waals surface area contributed by atoms with E-state index in [1.807, 2.05) is 13.8 Å². The van der Waals surface area contributed by atoms with Gasteiger partial charge in [-0.05, 0) is 38.8 Å². The first-order chi connectivity index (χ1) is 11.4. The van der Waals surface area contributed by atoms with Crippen LogP contribution in [0.4, 0.5) is 5.69 Å². The molecule has 1 amide bonds. The second-order valence-corrected chi connectivity index (χ2v) is 6.15. The normalized spacial score (nSPS) is 14.3. The summed E-state index contributed by atoms with van der Waals surface area (Å²) in [4.78, 5) is 12.6. The molecule has 0 fully saturated rings. The van der Waals surface area contributed by atoms with Crippen LogP contribution in [0.5, 0.6) is 5.75 Å². The summed E-state index contributed by atoms with van der Waals surface area (Å²) in [5, 5.41) is 12.2. The maximum Gasteiger partial charge on any atom is 0.256 e. The Kier molecular flexibility index (Phi) is 7.73. The molecule has 1 aromatic carbocycles. The minimum Gasteiger partial charge on any atom is -0.491 e. The van der Waals surface area contributed by atoms with E-state index in [-0.39, 0.29) is 12.0 Å². The molecule has 1 N–H and O–H groups in total. The molecule has 0 aliphatic carbocycles. The Morgan fingerprint density at radius 2 is 2.12 bits per heavy atom. The fraction of sp³-hybridized carbons (Fsp3) is 0.579. The number of nitrogens with zero attached hydrogens (tertiary/aromatic N) is 1. The molecule has 132 valence electrons. The zero-order valence-electron chi connectivity index (χ0n) is 15.3. The summed E-state index contributed by atoms with van der Waals surface area (Å²) in [7, 11) is 1.53. The highest BCUT2D eigenvalue weighted by atomic mass is 16.5. The summed E-state index contributed by atoms with van der Waals surface area (Å²) in [5.74, 6) is 0.380. The number of nitrogens with one attached hydrogen (secondary N) is 1. The average Bonchev–Trinajstić information content (AvgIpc) is 2.60. The van der Waals surface area contributed by atoms with Crippen molar-refractivity contribution in [3.63, 3.8) is 0 Å². The molecule has 0 aliphatic rings. The van der Waals surface area contributed by atoms with Gasteiger partial charge in [0.2, 0.25) is 0 Å². The van der Waals surface area contributed by atoms with Crippen LogP contribution in [0, 0.1) is 11.3 Å². The van der Waals surface area contributed by atoms with Crippen molar-refractivity contribution in [2.75, 3.05) is 12.4 Å². The summed E-state index contributed by atoms with van der Waals surface area (Å²) in [5.41, 5.74) is -0.0638. The van der Waals surface area contributed by atoms with Gasteiger partial charge in [0.1, 0.15) is 17.4 Å². The van der Waals surface area contributed by atoms with Crippen LogP contribution in [-0.4, -0.2) is 24.7 Å². The van der Waals surface area contributed by atoms with Crippen molar-refractivity contribution in [3.05, 3.63) is 23.8 Å². The predicted molar refractivity (Wildman–Crippen MR) is 95.1 cm³/mol. The Hall–Kier alpha value is -2.06. The zero-order valence-corrected chi connectivity index (χ0v) is 15.3. The molecule has 0 saturated carbocycles. The summed E-state index contributed by atoms with van der Waals surface area (Å²) < 4.78 is 11.1. The van der Waals surface area contributed by atoms with E-state index >= 15 is 0 Å². The molecule has 0 saturated heterocycles. The van der Waals surface area contributed by atoms with Crippen molar-refractivity contribution in [1.29, 1.82) is 5.26 Å². The quantitative estimate of drug-likeness (QED) is 0.733. The third kappa shape index (κ3) is 5.24. The fourth-order valence-corrected chi connectivity index (χ4v) is 2.19. The van der Waals surface area contributed by atoms with Crippen molar-refractivity contribution < 1.29 is 14.3 Å². The molecular weight excluding hydrogens is 304 g/mol. The van der Waals surface area contributed by atoms with E-state index in [9.17, 15) is 10.1 Å². The summed E-state index contributed by atoms with van der Waals surface area (Å²) in [6.45, 7) is 7.84. The van der Waals surface area contributed by atoms with Gasteiger partial charge < -0.3 is 14.8 Å². The molecule has 0 aliphatic heterocycles. The Bertz CT molecular complexity index is 595. The number of benzene rings is 1. The summed E-state index contributed by atoms with van der Waals surface area (Å²) in [6.07, 6.45) is 3.46. The highest BCUT2D eigenvalue weighted by molar-refractivity contribution is 5.98. The molecule has 0 radical (unpaired) electrons. The van der Waals surface area contributed by atoms with Gasteiger partial charge in [-0.1, -0.05) is 26.7 Å². The van der Waals surface area contributed by atoms with E-state index in [1.54, 1.807) is 25.1 Å². The van der Waals surface area contributed by atoms with Crippen LogP contribution in [0.3, 0.4) is 0 Å². The van der Waals surface area contributed by atoms with Crippen molar-refractivity contribution >= 4 is 11.6 Å². The van der Waals surface area contributed by atoms with Gasteiger partial charge in [0, 0.05) is 13.2 Å². The van der Waals surface area contributed by atoms with Crippen molar-refractivity contribution in [3.8, 4) is 11.8 Å². The number of methoxy groups -OCH3 is 1. The number of carbonyl (C=O) groups excluding carboxylic acids is 1. The summed E-state index contributed by atoms with van der Waals surface area (Å²) in [6, 6.07) is 7.22. The average molecular weight is 332 g/mol. The monoisotopic (exact) mass is 332 g/mol. The van der Waals surface area contributed by atoms with Gasteiger partial charge in [0.15, 0.2) is 0 Å². The minimum absolute atomic E-state index is 0.0720. The number of rotatable bonds is 9. The smallest absolute Gasteiger partial charge is 0.256 e. The number of hydrogen-bond acceptors (Lipinski definition) is 4. The van der Waals surface area contributed by atoms with Gasteiger partial charge in [0.05, 0.1) is 17.4 Å². The Labute approximate surface area is 145 Å². The number of nitriles is 1. The van der Waals surface area contributed by atoms with Gasteiger partial charge in [-0.3, -0.25) is 4.79 Å². The maximum absolute atomic E-state index is 12.6. The van der Waals surface area contributed by atoms with Crippen molar-refractivity contribution in [2.45, 2.75) is 65.1 Å². The number of amides is 1. The van der Waals surface area contributed by atoms with Crippen LogP contribution >= 0.6 is 0 Å². The standard InChI is InChI=1S/C19H28N2O3/c1-6-8-11-19(4,23-5)18(22)21-17-10-9-16(12-15(17)13-20)24-14(3)7-2/h9-10,12,14H,6-8,11H2,1-5H3,(H,21,22)/t14-,19-/m1/s1. The van der Waals surface area contributed by atoms with Crippen LogP contribution in [-0.2, 0) is 9.53 Å². The number of anilines is 1. The van der Waals surface area contributed by atoms with E-state index in [1.165, 1.54) is 7.11 Å². The third-order valence-corrected chi connectivity index (χ3v) is 4.21. The third-order valence-electron chi connectivity index (χ3n) is 4.21. The molecule has 0 aromatic heterocycles. The Morgan fingerprint density at radius 1 is 1.42 bits per heavy atom. The number of carbonyl (C=O) groups is 1. The SMILES string of the molecule is CCCC[C@@](C)(OC)C(=O)Nc1ccc(O[C@H](C)CC)cc1C#N. The molecule has 0 bridgehead atoms. The Morgan fingerprint density at radius 3 is 2.67 bits per heavy atom. The van der Waals surface area contributed by atoms with Crippen LogP contribution in [0.2, 0.25) is 0 Å². The van der Waals surface area contributed by atoms with E-state index in [0.29, 0.717) is 23.4 Å². The number of hydrogen-bond donors (Lipinski definition) is 1. The zero-order chi connectivity index (χ0) is 18.2. The highest BCUT2D eigenvalue weighted by Gasteiger charge is 2.32.